The molecule has 3 heteroatoms. The Labute approximate surface area is 103 Å². The molecule has 1 aromatic carbocycles. The van der Waals surface area contributed by atoms with Crippen molar-refractivity contribution in [3.8, 4) is 5.75 Å². The van der Waals surface area contributed by atoms with Crippen LogP contribution in [0, 0.1) is 13.8 Å². The molecule has 3 nitrogen and oxygen atoms in total. The van der Waals surface area contributed by atoms with Crippen molar-refractivity contribution in [2.24, 2.45) is 0 Å². The molecule has 17 heavy (non-hydrogen) atoms. The highest BCUT2D eigenvalue weighted by molar-refractivity contribution is 5.44. The van der Waals surface area contributed by atoms with Crippen LogP contribution in [-0.4, -0.2) is 26.3 Å². The van der Waals surface area contributed by atoms with Gasteiger partial charge in [0.25, 0.3) is 0 Å². The van der Waals surface area contributed by atoms with Gasteiger partial charge in [-0.05, 0) is 43.5 Å². The Hall–Kier alpha value is -1.06. The third-order valence-electron chi connectivity index (χ3n) is 3.55. The van der Waals surface area contributed by atoms with Crippen LogP contribution < -0.4 is 10.1 Å². The lowest BCUT2D eigenvalue weighted by Gasteiger charge is -2.30. The number of rotatable bonds is 2. The van der Waals surface area contributed by atoms with Gasteiger partial charge in [0.05, 0.1) is 19.8 Å². The fourth-order valence-corrected chi connectivity index (χ4v) is 2.27. The molecule has 2 atom stereocenters. The van der Waals surface area contributed by atoms with E-state index in [4.69, 9.17) is 9.47 Å². The minimum atomic E-state index is 0.163. The van der Waals surface area contributed by atoms with Crippen LogP contribution in [0.5, 0.6) is 5.75 Å². The Balaban J connectivity index is 2.24. The largest absolute Gasteiger partial charge is 0.496 e. The lowest BCUT2D eigenvalue weighted by molar-refractivity contribution is 0.00655. The van der Waals surface area contributed by atoms with Gasteiger partial charge in [-0.25, -0.2) is 0 Å². The lowest BCUT2D eigenvalue weighted by Crippen LogP contribution is -2.40. The van der Waals surface area contributed by atoms with Crippen LogP contribution in [0.3, 0.4) is 0 Å². The number of ether oxygens (including phenoxy) is 2. The highest BCUT2D eigenvalue weighted by atomic mass is 16.5. The van der Waals surface area contributed by atoms with Gasteiger partial charge in [-0.15, -0.1) is 0 Å². The van der Waals surface area contributed by atoms with Gasteiger partial charge in [-0.2, -0.15) is 0 Å². The van der Waals surface area contributed by atoms with Gasteiger partial charge < -0.3 is 14.8 Å². The Morgan fingerprint density at radius 3 is 2.65 bits per heavy atom. The molecule has 1 N–H and O–H groups in total. The van der Waals surface area contributed by atoms with Crippen molar-refractivity contribution in [2.45, 2.75) is 32.9 Å². The number of hydrogen-bond acceptors (Lipinski definition) is 3. The predicted molar refractivity (Wildman–Crippen MR) is 68.6 cm³/mol. The van der Waals surface area contributed by atoms with Crippen molar-refractivity contribution in [1.82, 2.24) is 5.32 Å². The van der Waals surface area contributed by atoms with E-state index in [0.29, 0.717) is 6.04 Å². The molecule has 0 aliphatic carbocycles. The smallest absolute Gasteiger partial charge is 0.122 e. The second-order valence-corrected chi connectivity index (χ2v) is 4.74. The van der Waals surface area contributed by atoms with Gasteiger partial charge in [0.15, 0.2) is 0 Å². The summed E-state index contributed by atoms with van der Waals surface area (Å²) < 4.78 is 11.2. The topological polar surface area (TPSA) is 30.5 Å². The van der Waals surface area contributed by atoms with Gasteiger partial charge in [0.1, 0.15) is 5.75 Å². The Morgan fingerprint density at radius 1 is 1.29 bits per heavy atom. The first-order valence-electron chi connectivity index (χ1n) is 6.12. The summed E-state index contributed by atoms with van der Waals surface area (Å²) in [4.78, 5) is 0. The van der Waals surface area contributed by atoms with E-state index in [1.54, 1.807) is 7.11 Å². The average Bonchev–Trinajstić information content (AvgIpc) is 2.34. The highest BCUT2D eigenvalue weighted by Crippen LogP contribution is 2.30. The van der Waals surface area contributed by atoms with E-state index in [9.17, 15) is 0 Å². The van der Waals surface area contributed by atoms with E-state index in [1.165, 1.54) is 16.7 Å². The number of morpholine rings is 1. The van der Waals surface area contributed by atoms with Crippen molar-refractivity contribution >= 4 is 0 Å². The summed E-state index contributed by atoms with van der Waals surface area (Å²) in [6.45, 7) is 8.02. The Bertz CT molecular complexity index is 395. The van der Waals surface area contributed by atoms with Crippen molar-refractivity contribution in [3.63, 3.8) is 0 Å². The third-order valence-corrected chi connectivity index (χ3v) is 3.55. The number of hydrogen-bond donors (Lipinski definition) is 1. The third kappa shape index (κ3) is 2.45. The predicted octanol–water partition coefficient (Wildman–Crippen LogP) is 2.36. The monoisotopic (exact) mass is 235 g/mol. The first kappa shape index (κ1) is 12.4. The lowest BCUT2D eigenvalue weighted by atomic mass is 9.97. The van der Waals surface area contributed by atoms with E-state index in [-0.39, 0.29) is 6.10 Å². The number of benzene rings is 1. The molecule has 0 aromatic heterocycles. The van der Waals surface area contributed by atoms with Crippen molar-refractivity contribution in [2.75, 3.05) is 20.3 Å². The van der Waals surface area contributed by atoms with Crippen molar-refractivity contribution in [3.05, 3.63) is 28.8 Å². The quantitative estimate of drug-likeness (QED) is 0.853. The first-order valence-corrected chi connectivity index (χ1v) is 6.12. The Morgan fingerprint density at radius 2 is 2.06 bits per heavy atom. The van der Waals surface area contributed by atoms with Crippen LogP contribution in [0.4, 0.5) is 0 Å². The summed E-state index contributed by atoms with van der Waals surface area (Å²) in [5.41, 5.74) is 3.74. The molecule has 1 heterocycles. The van der Waals surface area contributed by atoms with Crippen LogP contribution in [-0.2, 0) is 4.74 Å². The fourth-order valence-electron chi connectivity index (χ4n) is 2.27. The zero-order valence-corrected chi connectivity index (χ0v) is 11.0. The van der Waals surface area contributed by atoms with Gasteiger partial charge >= 0.3 is 0 Å². The molecule has 0 spiro atoms. The highest BCUT2D eigenvalue weighted by Gasteiger charge is 2.22. The zero-order valence-electron chi connectivity index (χ0n) is 11.0. The van der Waals surface area contributed by atoms with E-state index in [1.807, 2.05) is 6.07 Å². The van der Waals surface area contributed by atoms with E-state index in [2.05, 4.69) is 32.2 Å². The van der Waals surface area contributed by atoms with Gasteiger partial charge in [0.2, 0.25) is 0 Å². The molecular weight excluding hydrogens is 214 g/mol. The standard InChI is InChI=1S/C14H21NO2/c1-9-8-17-14(7-15-9)12-5-6-13(16-4)11(3)10(12)2/h5-6,9,14-15H,7-8H2,1-4H3. The molecule has 0 radical (unpaired) electrons. The molecule has 0 bridgehead atoms. The van der Waals surface area contributed by atoms with Crippen molar-refractivity contribution < 1.29 is 9.47 Å². The summed E-state index contributed by atoms with van der Waals surface area (Å²) in [6, 6.07) is 4.59. The van der Waals surface area contributed by atoms with Gasteiger partial charge in [0, 0.05) is 12.6 Å². The summed E-state index contributed by atoms with van der Waals surface area (Å²) in [5.74, 6) is 0.948. The summed E-state index contributed by atoms with van der Waals surface area (Å²) in [5, 5.41) is 3.45. The van der Waals surface area contributed by atoms with E-state index >= 15 is 0 Å². The summed E-state index contributed by atoms with van der Waals surface area (Å²) in [6.07, 6.45) is 0.163. The maximum absolute atomic E-state index is 5.88. The van der Waals surface area contributed by atoms with Crippen LogP contribution in [0.1, 0.15) is 29.7 Å². The van der Waals surface area contributed by atoms with Crippen LogP contribution in [0.25, 0.3) is 0 Å². The Kier molecular flexibility index (Phi) is 3.69. The maximum atomic E-state index is 5.88. The summed E-state index contributed by atoms with van der Waals surface area (Å²) in [7, 11) is 1.71. The molecule has 1 saturated heterocycles. The fraction of sp³-hybridized carbons (Fsp3) is 0.571. The normalized spacial score (nSPS) is 24.7. The van der Waals surface area contributed by atoms with E-state index < -0.39 is 0 Å². The number of nitrogens with one attached hydrogen (secondary N) is 1. The number of methoxy groups -OCH3 is 1. The SMILES string of the molecule is COc1ccc(C2CNC(C)CO2)c(C)c1C. The molecular formula is C14H21NO2. The molecule has 2 rings (SSSR count). The molecule has 1 aromatic rings. The average molecular weight is 235 g/mol. The van der Waals surface area contributed by atoms with Crippen LogP contribution in [0.15, 0.2) is 12.1 Å². The van der Waals surface area contributed by atoms with Gasteiger partial charge in [-0.3, -0.25) is 0 Å². The molecule has 1 aliphatic heterocycles. The molecule has 0 saturated carbocycles. The van der Waals surface area contributed by atoms with Crippen molar-refractivity contribution in [1.29, 1.82) is 0 Å². The molecule has 0 amide bonds. The molecule has 1 fully saturated rings. The van der Waals surface area contributed by atoms with Crippen LogP contribution in [0.2, 0.25) is 0 Å². The maximum Gasteiger partial charge on any atom is 0.122 e. The first-order chi connectivity index (χ1) is 8.13. The van der Waals surface area contributed by atoms with E-state index in [0.717, 1.165) is 18.9 Å². The second-order valence-electron chi connectivity index (χ2n) is 4.74. The minimum Gasteiger partial charge on any atom is -0.496 e. The minimum absolute atomic E-state index is 0.163. The molecule has 94 valence electrons. The van der Waals surface area contributed by atoms with Gasteiger partial charge in [-0.1, -0.05) is 6.07 Å². The molecule has 1 aliphatic rings. The summed E-state index contributed by atoms with van der Waals surface area (Å²) >= 11 is 0. The second kappa shape index (κ2) is 5.07. The zero-order chi connectivity index (χ0) is 12.4. The molecule has 2 unspecified atom stereocenters. The van der Waals surface area contributed by atoms with Crippen LogP contribution >= 0.6 is 0 Å².